The molecule has 36 nitrogen and oxygen atoms in total. The maximum Gasteiger partial charge on any atom is 0.253 e. The zero-order chi connectivity index (χ0) is 73.7. The molecule has 37 heteroatoms. The minimum absolute atomic E-state index is 0.0488. The van der Waals surface area contributed by atoms with Crippen molar-refractivity contribution in [2.75, 3.05) is 149 Å². The summed E-state index contributed by atoms with van der Waals surface area (Å²) in [6, 6.07) is 15.0. The van der Waals surface area contributed by atoms with Crippen molar-refractivity contribution in [2.45, 2.75) is 77.6 Å². The monoisotopic (exact) mass is 1470 g/mol. The molecular formula is C67H89N17O19S. The molecule has 5 aliphatic rings. The van der Waals surface area contributed by atoms with Gasteiger partial charge in [0.25, 0.3) is 35.4 Å². The molecule has 562 valence electrons. The Kier molecular flexibility index (Phi) is 33.4. The topological polar surface area (TPSA) is 429 Å². The lowest BCUT2D eigenvalue weighted by molar-refractivity contribution is -0.169. The summed E-state index contributed by atoms with van der Waals surface area (Å²) in [7, 11) is -2.89. The zero-order valence-corrected chi connectivity index (χ0v) is 58.6. The summed E-state index contributed by atoms with van der Waals surface area (Å²) >= 11 is 0. The van der Waals surface area contributed by atoms with Crippen molar-refractivity contribution in [3.63, 3.8) is 0 Å². The standard InChI is InChI=1S/C23H30N6O6.C22H34N6O8S.C22H25N5O5/c24-19-3-1-18(2-4-19)20-17-28(27-26-20)10-12-34-14-16-35-15-13-33-11-8-25-21(30)7-9-29-22(31)5-6-23(29)32;29-20(3-5-28-21(30)1-2-22(28)31)23-4-9-34-11-13-36-14-12-35-10-6-27-18-19(24-25-27)17-26-7-15-37(32,33)16-8-26;28-19(10-11-26-20(29)8-9-21(26)30)23-13-16-4-6-18(7-5-16)27-14-17(24-25-27)15-32-22-3-1-2-12-31-22/h1-6,17H,7-16,24H2,(H,25,30);1-2,18H,3-17H2,(H,23,29);4-9,14,22H,1-3,10-13,15H2,(H,23,28). The summed E-state index contributed by atoms with van der Waals surface area (Å²) in [5, 5.41) is 32.9. The summed E-state index contributed by atoms with van der Waals surface area (Å²) in [5.74, 6) is -2.72. The molecule has 1 atom stereocenters. The number of benzene rings is 2. The first-order chi connectivity index (χ1) is 50.4. The van der Waals surface area contributed by atoms with Crippen molar-refractivity contribution in [1.29, 1.82) is 0 Å². The molecule has 0 bridgehead atoms. The van der Waals surface area contributed by atoms with Crippen molar-refractivity contribution < 1.29 is 89.5 Å². The minimum atomic E-state index is -2.89. The average Bonchev–Trinajstić information content (AvgIpc) is 1.10. The highest BCUT2D eigenvalue weighted by Gasteiger charge is 2.27. The van der Waals surface area contributed by atoms with Gasteiger partial charge in [0.2, 0.25) is 17.7 Å². The Morgan fingerprint density at radius 2 is 0.971 bits per heavy atom. The highest BCUT2D eigenvalue weighted by Crippen LogP contribution is 2.19. The van der Waals surface area contributed by atoms with Gasteiger partial charge in [-0.15, -0.1) is 15.3 Å². The number of carbonyl (C=O) groups is 9. The minimum Gasteiger partial charge on any atom is -0.399 e. The van der Waals surface area contributed by atoms with Gasteiger partial charge < -0.3 is 59.6 Å². The molecule has 0 radical (unpaired) electrons. The number of carbonyl (C=O) groups excluding carboxylic acids is 9. The second kappa shape index (κ2) is 43.4. The van der Waals surface area contributed by atoms with E-state index in [0.717, 1.165) is 74.5 Å². The highest BCUT2D eigenvalue weighted by atomic mass is 32.2. The molecule has 5 aromatic rings. The lowest BCUT2D eigenvalue weighted by atomic mass is 10.1. The fraction of sp³-hybridized carbons (Fsp3) is 0.507. The molecular weight excluding hydrogens is 1380 g/mol. The number of hydrogen-bond acceptors (Lipinski definition) is 27. The van der Waals surface area contributed by atoms with Crippen LogP contribution in [0.1, 0.15) is 55.5 Å². The van der Waals surface area contributed by atoms with Crippen LogP contribution < -0.4 is 21.7 Å². The Balaban J connectivity index is 0.000000198. The van der Waals surface area contributed by atoms with Crippen molar-refractivity contribution in [3.05, 3.63) is 121 Å². The van der Waals surface area contributed by atoms with Crippen LogP contribution in [0.3, 0.4) is 0 Å². The first-order valence-electron chi connectivity index (χ1n) is 34.1. The fourth-order valence-electron chi connectivity index (χ4n) is 10.1. The van der Waals surface area contributed by atoms with E-state index < -0.39 is 33.5 Å². The third kappa shape index (κ3) is 28.9. The number of anilines is 1. The third-order valence-corrected chi connectivity index (χ3v) is 17.5. The molecule has 9 amide bonds. The van der Waals surface area contributed by atoms with Gasteiger partial charge >= 0.3 is 0 Å². The molecule has 104 heavy (non-hydrogen) atoms. The van der Waals surface area contributed by atoms with Crippen molar-refractivity contribution in [3.8, 4) is 16.9 Å². The van der Waals surface area contributed by atoms with Crippen molar-refractivity contribution in [2.24, 2.45) is 0 Å². The van der Waals surface area contributed by atoms with E-state index in [1.54, 1.807) is 14.0 Å². The average molecular weight is 1470 g/mol. The van der Waals surface area contributed by atoms with Gasteiger partial charge in [0, 0.05) is 139 Å². The Morgan fingerprint density at radius 1 is 0.510 bits per heavy atom. The molecule has 2 fully saturated rings. The molecule has 0 saturated carbocycles. The Hall–Kier alpha value is -9.70. The third-order valence-electron chi connectivity index (χ3n) is 15.9. The predicted octanol–water partition coefficient (Wildman–Crippen LogP) is -0.760. The number of nitrogen functional groups attached to an aromatic ring is 1. The summed E-state index contributed by atoms with van der Waals surface area (Å²) in [4.78, 5) is 109. The van der Waals surface area contributed by atoms with Crippen LogP contribution in [0, 0.1) is 0 Å². The van der Waals surface area contributed by atoms with Crippen LogP contribution in [0.25, 0.3) is 16.9 Å². The van der Waals surface area contributed by atoms with Crippen LogP contribution in [0.15, 0.2) is 104 Å². The SMILES string of the molecule is Nc1ccc(-c2cn(CCOCCOCCOCCNC(=O)CCN3C(=O)C=CC3=O)nn2)cc1.O=C(CCN1C(=O)C=CC1=O)NCCOCCOCCOCCn1cc(CN2CCS(=O)(=O)CC2)nn1.O=C(CCN1C(=O)C=CC1=O)NCc1ccc(-n2cc(COC3CCCCO3)nn2)cc1. The van der Waals surface area contributed by atoms with E-state index >= 15 is 0 Å². The summed E-state index contributed by atoms with van der Waals surface area (Å²) in [6.45, 7) is 9.97. The fourth-order valence-corrected chi connectivity index (χ4v) is 11.4. The van der Waals surface area contributed by atoms with Gasteiger partial charge in [0.05, 0.1) is 134 Å². The van der Waals surface area contributed by atoms with Gasteiger partial charge in [0.15, 0.2) is 16.1 Å². The molecule has 2 saturated heterocycles. The van der Waals surface area contributed by atoms with E-state index in [4.69, 9.17) is 43.6 Å². The Morgan fingerprint density at radius 3 is 1.47 bits per heavy atom. The van der Waals surface area contributed by atoms with Crippen LogP contribution in [-0.2, 0) is 124 Å². The molecule has 5 aliphatic heterocycles. The van der Waals surface area contributed by atoms with E-state index in [9.17, 15) is 51.6 Å². The number of amides is 9. The van der Waals surface area contributed by atoms with E-state index in [2.05, 4.69) is 51.8 Å². The largest absolute Gasteiger partial charge is 0.399 e. The number of ether oxygens (including phenoxy) is 8. The number of nitrogens with zero attached hydrogens (tertiary/aromatic N) is 13. The highest BCUT2D eigenvalue weighted by molar-refractivity contribution is 7.91. The lowest BCUT2D eigenvalue weighted by Gasteiger charge is -2.25. The van der Waals surface area contributed by atoms with Gasteiger partial charge in [-0.3, -0.25) is 62.8 Å². The van der Waals surface area contributed by atoms with Crippen LogP contribution in [0.2, 0.25) is 0 Å². The summed E-state index contributed by atoms with van der Waals surface area (Å²) in [6.07, 6.45) is 15.8. The molecule has 10 rings (SSSR count). The summed E-state index contributed by atoms with van der Waals surface area (Å²) in [5.41, 5.74) is 11.4. The Bertz CT molecular complexity index is 3750. The van der Waals surface area contributed by atoms with Crippen LogP contribution in [0.4, 0.5) is 5.69 Å². The van der Waals surface area contributed by atoms with E-state index in [-0.39, 0.29) is 86.2 Å². The van der Waals surface area contributed by atoms with Crippen molar-refractivity contribution in [1.82, 2.24) is 80.5 Å². The molecule has 3 aromatic heterocycles. The number of imide groups is 3. The number of hydrogen-bond donors (Lipinski definition) is 4. The van der Waals surface area contributed by atoms with Crippen LogP contribution in [-0.4, -0.2) is 276 Å². The molecule has 5 N–H and O–H groups in total. The normalized spacial score (nSPS) is 16.3. The van der Waals surface area contributed by atoms with Gasteiger partial charge in [-0.05, 0) is 49.1 Å². The lowest BCUT2D eigenvalue weighted by Crippen LogP contribution is -2.39. The predicted molar refractivity (Wildman–Crippen MR) is 368 cm³/mol. The molecule has 2 aromatic carbocycles. The first-order valence-corrected chi connectivity index (χ1v) is 35.9. The zero-order valence-electron chi connectivity index (χ0n) is 57.8. The van der Waals surface area contributed by atoms with E-state index in [0.29, 0.717) is 144 Å². The number of nitrogens with two attached hydrogens (primary N) is 1. The van der Waals surface area contributed by atoms with Gasteiger partial charge in [-0.25, -0.2) is 22.5 Å². The molecule has 0 spiro atoms. The maximum absolute atomic E-state index is 12.0. The van der Waals surface area contributed by atoms with E-state index in [1.165, 1.54) is 36.5 Å². The summed E-state index contributed by atoms with van der Waals surface area (Å²) < 4.78 is 72.1. The van der Waals surface area contributed by atoms with Gasteiger partial charge in [-0.2, -0.15) is 0 Å². The number of rotatable bonds is 42. The second-order valence-corrected chi connectivity index (χ2v) is 26.0. The molecule has 1 unspecified atom stereocenters. The molecule has 8 heterocycles. The molecule has 0 aliphatic carbocycles. The first kappa shape index (κ1) is 80.0. The van der Waals surface area contributed by atoms with E-state index in [1.807, 2.05) is 67.1 Å². The quantitative estimate of drug-likeness (QED) is 0.0212. The van der Waals surface area contributed by atoms with Crippen molar-refractivity contribution >= 4 is 68.7 Å². The second-order valence-electron chi connectivity index (χ2n) is 23.7. The number of sulfone groups is 1. The van der Waals surface area contributed by atoms with Gasteiger partial charge in [0.1, 0.15) is 11.4 Å². The smallest absolute Gasteiger partial charge is 0.253 e. The number of nitrogens with one attached hydrogen (secondary N) is 3. The van der Waals surface area contributed by atoms with Crippen LogP contribution in [0.5, 0.6) is 0 Å². The Labute approximate surface area is 600 Å². The van der Waals surface area contributed by atoms with Crippen LogP contribution >= 0.6 is 0 Å². The van der Waals surface area contributed by atoms with Gasteiger partial charge in [-0.1, -0.05) is 39.9 Å². The number of aromatic nitrogens is 9. The maximum atomic E-state index is 12.0.